The Morgan fingerprint density at radius 1 is 1.10 bits per heavy atom. The quantitative estimate of drug-likeness (QED) is 0.456. The first-order valence-corrected chi connectivity index (χ1v) is 9.53. The van der Waals surface area contributed by atoms with Crippen LogP contribution in [0.1, 0.15) is 41.6 Å². The van der Waals surface area contributed by atoms with Crippen molar-refractivity contribution in [3.8, 4) is 11.5 Å². The summed E-state index contributed by atoms with van der Waals surface area (Å²) >= 11 is 0. The third kappa shape index (κ3) is 3.58. The van der Waals surface area contributed by atoms with Crippen molar-refractivity contribution in [1.29, 1.82) is 0 Å². The maximum atomic E-state index is 12.9. The number of methoxy groups -OCH3 is 1. The maximum Gasteiger partial charge on any atom is 0.295 e. The first-order valence-electron chi connectivity index (χ1n) is 9.53. The molecule has 3 rings (SSSR count). The Kier molecular flexibility index (Phi) is 5.64. The zero-order valence-corrected chi connectivity index (χ0v) is 17.0. The molecule has 1 amide bonds. The number of nitrogens with zero attached hydrogens (tertiary/aromatic N) is 1. The normalized spacial score (nSPS) is 18.3. The number of hydrogen-bond donors (Lipinski definition) is 2. The lowest BCUT2D eigenvalue weighted by Crippen LogP contribution is -2.30. The minimum absolute atomic E-state index is 0.0572. The van der Waals surface area contributed by atoms with E-state index in [0.717, 1.165) is 11.1 Å². The Bertz CT molecular complexity index is 991. The van der Waals surface area contributed by atoms with E-state index in [-0.39, 0.29) is 17.1 Å². The molecule has 1 saturated heterocycles. The molecule has 0 bridgehead atoms. The van der Waals surface area contributed by atoms with Crippen LogP contribution in [-0.4, -0.2) is 40.5 Å². The number of aliphatic hydroxyl groups excluding tert-OH is 1. The van der Waals surface area contributed by atoms with E-state index in [2.05, 4.69) is 0 Å². The first-order chi connectivity index (χ1) is 13.8. The maximum absolute atomic E-state index is 12.9. The Labute approximate surface area is 170 Å². The predicted molar refractivity (Wildman–Crippen MR) is 110 cm³/mol. The van der Waals surface area contributed by atoms with E-state index in [9.17, 15) is 19.8 Å². The van der Waals surface area contributed by atoms with E-state index in [0.29, 0.717) is 29.8 Å². The number of likely N-dealkylation sites (tertiary alicyclic amines) is 1. The van der Waals surface area contributed by atoms with Gasteiger partial charge in [0.05, 0.1) is 18.7 Å². The van der Waals surface area contributed by atoms with Gasteiger partial charge in [-0.2, -0.15) is 0 Å². The van der Waals surface area contributed by atoms with Crippen molar-refractivity contribution in [2.75, 3.05) is 13.7 Å². The van der Waals surface area contributed by atoms with Crippen LogP contribution in [0.3, 0.4) is 0 Å². The Morgan fingerprint density at radius 2 is 1.76 bits per heavy atom. The van der Waals surface area contributed by atoms with Crippen molar-refractivity contribution in [2.45, 2.75) is 33.2 Å². The van der Waals surface area contributed by atoms with Gasteiger partial charge in [0.15, 0.2) is 0 Å². The zero-order valence-electron chi connectivity index (χ0n) is 17.0. The molecule has 1 heterocycles. The number of amides is 1. The van der Waals surface area contributed by atoms with Gasteiger partial charge in [0.25, 0.3) is 11.7 Å². The molecule has 152 valence electrons. The van der Waals surface area contributed by atoms with E-state index in [1.54, 1.807) is 31.4 Å². The summed E-state index contributed by atoms with van der Waals surface area (Å²) in [7, 11) is 1.57. The average Bonchev–Trinajstić information content (AvgIpc) is 2.95. The van der Waals surface area contributed by atoms with E-state index < -0.39 is 17.7 Å². The standard InChI is InChI=1S/C23H25NO5/c1-5-10-24-20(15-6-8-16(25)9-7-15)19(22(27)23(24)28)21(26)17-11-14(3)18(29-4)12-13(17)2/h6-9,11-12,20,25-26H,5,10H2,1-4H3/b21-19+. The number of ether oxygens (including phenoxy) is 1. The number of hydrogen-bond acceptors (Lipinski definition) is 5. The summed E-state index contributed by atoms with van der Waals surface area (Å²) in [5, 5.41) is 20.8. The molecule has 2 aromatic carbocycles. The number of phenolic OH excluding ortho intramolecular Hbond substituents is 1. The van der Waals surface area contributed by atoms with Crippen molar-refractivity contribution < 1.29 is 24.5 Å². The lowest BCUT2D eigenvalue weighted by atomic mass is 9.93. The Morgan fingerprint density at radius 3 is 2.34 bits per heavy atom. The van der Waals surface area contributed by atoms with E-state index >= 15 is 0 Å². The number of Topliss-reactive ketones (excluding diaryl/α,β-unsaturated/α-hetero) is 1. The monoisotopic (exact) mass is 395 g/mol. The third-order valence-corrected chi connectivity index (χ3v) is 5.21. The van der Waals surface area contributed by atoms with Crippen molar-refractivity contribution in [1.82, 2.24) is 4.90 Å². The number of phenols is 1. The molecule has 1 aliphatic heterocycles. The largest absolute Gasteiger partial charge is 0.508 e. The summed E-state index contributed by atoms with van der Waals surface area (Å²) in [5.74, 6) is -0.775. The summed E-state index contributed by atoms with van der Waals surface area (Å²) in [6, 6.07) is 9.17. The summed E-state index contributed by atoms with van der Waals surface area (Å²) in [6.07, 6.45) is 0.669. The highest BCUT2D eigenvalue weighted by molar-refractivity contribution is 6.46. The topological polar surface area (TPSA) is 87.1 Å². The van der Waals surface area contributed by atoms with Gasteiger partial charge in [-0.25, -0.2) is 0 Å². The van der Waals surface area contributed by atoms with Crippen molar-refractivity contribution in [3.05, 3.63) is 64.2 Å². The third-order valence-electron chi connectivity index (χ3n) is 5.21. The van der Waals surface area contributed by atoms with Gasteiger partial charge < -0.3 is 19.8 Å². The van der Waals surface area contributed by atoms with Gasteiger partial charge in [-0.05, 0) is 61.2 Å². The predicted octanol–water partition coefficient (Wildman–Crippen LogP) is 3.85. The molecule has 0 aromatic heterocycles. The lowest BCUT2D eigenvalue weighted by Gasteiger charge is -2.25. The number of benzene rings is 2. The molecule has 2 N–H and O–H groups in total. The molecule has 1 unspecified atom stereocenters. The van der Waals surface area contributed by atoms with Gasteiger partial charge >= 0.3 is 0 Å². The molecule has 1 atom stereocenters. The van der Waals surface area contributed by atoms with Crippen LogP contribution < -0.4 is 4.74 Å². The molecule has 6 heteroatoms. The number of carbonyl (C=O) groups excluding carboxylic acids is 2. The fourth-order valence-corrected chi connectivity index (χ4v) is 3.76. The van der Waals surface area contributed by atoms with Gasteiger partial charge in [0.1, 0.15) is 17.3 Å². The van der Waals surface area contributed by atoms with Crippen LogP contribution in [0.2, 0.25) is 0 Å². The summed E-state index contributed by atoms with van der Waals surface area (Å²) in [5.41, 5.74) is 2.74. The number of carbonyl (C=O) groups is 2. The molecule has 1 fully saturated rings. The number of aryl methyl sites for hydroxylation is 2. The fourth-order valence-electron chi connectivity index (χ4n) is 3.76. The van der Waals surface area contributed by atoms with Gasteiger partial charge in [-0.1, -0.05) is 19.1 Å². The molecule has 0 spiro atoms. The fraction of sp³-hybridized carbons (Fsp3) is 0.304. The van der Waals surface area contributed by atoms with Crippen LogP contribution in [0.4, 0.5) is 0 Å². The first kappa shape index (κ1) is 20.5. The molecule has 29 heavy (non-hydrogen) atoms. The molecule has 0 radical (unpaired) electrons. The van der Waals surface area contributed by atoms with Crippen LogP contribution in [0.5, 0.6) is 11.5 Å². The number of rotatable bonds is 5. The second-order valence-electron chi connectivity index (χ2n) is 7.22. The van der Waals surface area contributed by atoms with Gasteiger partial charge in [-0.3, -0.25) is 9.59 Å². The minimum atomic E-state index is -0.711. The van der Waals surface area contributed by atoms with Crippen LogP contribution in [0.15, 0.2) is 42.0 Å². The summed E-state index contributed by atoms with van der Waals surface area (Å²) in [4.78, 5) is 27.1. The van der Waals surface area contributed by atoms with Crippen LogP contribution >= 0.6 is 0 Å². The van der Waals surface area contributed by atoms with Crippen molar-refractivity contribution in [2.24, 2.45) is 0 Å². The molecule has 1 aliphatic rings. The minimum Gasteiger partial charge on any atom is -0.508 e. The molecule has 2 aromatic rings. The average molecular weight is 395 g/mol. The van der Waals surface area contributed by atoms with Gasteiger partial charge in [0, 0.05) is 12.1 Å². The van der Waals surface area contributed by atoms with E-state index in [4.69, 9.17) is 4.74 Å². The highest BCUT2D eigenvalue weighted by atomic mass is 16.5. The SMILES string of the molecule is CCCN1C(=O)C(=O)/C(=C(/O)c2cc(C)c(OC)cc2C)C1c1ccc(O)cc1. The summed E-state index contributed by atoms with van der Waals surface area (Å²) in [6.45, 7) is 5.97. The van der Waals surface area contributed by atoms with Crippen LogP contribution in [0.25, 0.3) is 5.76 Å². The van der Waals surface area contributed by atoms with E-state index in [1.807, 2.05) is 20.8 Å². The highest BCUT2D eigenvalue weighted by Gasteiger charge is 2.45. The molecule has 0 aliphatic carbocycles. The highest BCUT2D eigenvalue weighted by Crippen LogP contribution is 2.40. The molecule has 0 saturated carbocycles. The molecule has 6 nitrogen and oxygen atoms in total. The van der Waals surface area contributed by atoms with Crippen LogP contribution in [0, 0.1) is 13.8 Å². The van der Waals surface area contributed by atoms with E-state index in [1.165, 1.54) is 17.0 Å². The Hall–Kier alpha value is -3.28. The van der Waals surface area contributed by atoms with Crippen molar-refractivity contribution >= 4 is 17.4 Å². The smallest absolute Gasteiger partial charge is 0.295 e. The zero-order chi connectivity index (χ0) is 21.3. The molecular weight excluding hydrogens is 370 g/mol. The Balaban J connectivity index is 2.23. The molecular formula is C23H25NO5. The number of aliphatic hydroxyl groups is 1. The second kappa shape index (κ2) is 7.99. The second-order valence-corrected chi connectivity index (χ2v) is 7.22. The number of ketones is 1. The van der Waals surface area contributed by atoms with Crippen LogP contribution in [-0.2, 0) is 9.59 Å². The van der Waals surface area contributed by atoms with Gasteiger partial charge in [0.2, 0.25) is 0 Å². The van der Waals surface area contributed by atoms with Crippen molar-refractivity contribution in [3.63, 3.8) is 0 Å². The number of aromatic hydroxyl groups is 1. The lowest BCUT2D eigenvalue weighted by molar-refractivity contribution is -0.139. The summed E-state index contributed by atoms with van der Waals surface area (Å²) < 4.78 is 5.32. The van der Waals surface area contributed by atoms with Gasteiger partial charge in [-0.15, -0.1) is 0 Å².